The summed E-state index contributed by atoms with van der Waals surface area (Å²) in [5.41, 5.74) is 0.395. The van der Waals surface area contributed by atoms with Crippen molar-refractivity contribution in [3.8, 4) is 5.69 Å². The number of aromatic nitrogens is 4. The monoisotopic (exact) mass is 340 g/mol. The fourth-order valence-corrected chi connectivity index (χ4v) is 3.18. The Balaban J connectivity index is 2.15. The number of imidazole rings is 1. The molecule has 6 nitrogen and oxygen atoms in total. The predicted molar refractivity (Wildman–Crippen MR) is 94.1 cm³/mol. The molecule has 0 radical (unpaired) electrons. The van der Waals surface area contributed by atoms with Crippen molar-refractivity contribution in [3.63, 3.8) is 0 Å². The summed E-state index contributed by atoms with van der Waals surface area (Å²) in [5, 5.41) is 2.25. The third kappa shape index (κ3) is 1.93. The normalized spacial score (nSPS) is 11.5. The molecule has 2 heterocycles. The summed E-state index contributed by atoms with van der Waals surface area (Å²) >= 11 is 6.29. The van der Waals surface area contributed by atoms with Gasteiger partial charge in [0.05, 0.1) is 0 Å². The Labute approximate surface area is 141 Å². The molecule has 0 unspecified atom stereocenters. The summed E-state index contributed by atoms with van der Waals surface area (Å²) in [7, 11) is 3.01. The molecule has 7 heteroatoms. The van der Waals surface area contributed by atoms with Crippen molar-refractivity contribution in [2.24, 2.45) is 14.1 Å². The van der Waals surface area contributed by atoms with Crippen LogP contribution in [0.1, 0.15) is 0 Å². The maximum Gasteiger partial charge on any atom is 0.332 e. The van der Waals surface area contributed by atoms with Gasteiger partial charge in [-0.05, 0) is 34.5 Å². The number of aryl methyl sites for hydroxylation is 1. The molecule has 0 saturated heterocycles. The van der Waals surface area contributed by atoms with E-state index in [1.54, 1.807) is 11.6 Å². The zero-order valence-corrected chi connectivity index (χ0v) is 13.8. The van der Waals surface area contributed by atoms with Crippen LogP contribution in [-0.4, -0.2) is 18.7 Å². The molecule has 0 atom stereocenters. The summed E-state index contributed by atoms with van der Waals surface area (Å²) in [6.45, 7) is 0. The molecule has 2 aromatic heterocycles. The molecule has 0 aliphatic carbocycles. The van der Waals surface area contributed by atoms with Crippen LogP contribution < -0.4 is 11.2 Å². The zero-order chi connectivity index (χ0) is 17.0. The van der Waals surface area contributed by atoms with Crippen LogP contribution in [0.5, 0.6) is 0 Å². The van der Waals surface area contributed by atoms with Crippen LogP contribution in [0.2, 0.25) is 5.28 Å². The summed E-state index contributed by atoms with van der Waals surface area (Å²) in [5.74, 6) is 0. The van der Waals surface area contributed by atoms with Crippen molar-refractivity contribution in [2.45, 2.75) is 0 Å². The Hall–Kier alpha value is -2.86. The molecule has 0 spiro atoms. The van der Waals surface area contributed by atoms with Gasteiger partial charge in [0.25, 0.3) is 5.56 Å². The lowest BCUT2D eigenvalue weighted by atomic mass is 10.1. The molecule has 0 amide bonds. The second-order valence-electron chi connectivity index (χ2n) is 5.63. The van der Waals surface area contributed by atoms with Gasteiger partial charge in [-0.2, -0.15) is 4.98 Å². The number of hydrogen-bond donors (Lipinski definition) is 0. The van der Waals surface area contributed by atoms with Crippen molar-refractivity contribution in [2.75, 3.05) is 0 Å². The van der Waals surface area contributed by atoms with Gasteiger partial charge in [0.1, 0.15) is 0 Å². The molecule has 0 bridgehead atoms. The van der Waals surface area contributed by atoms with E-state index in [4.69, 9.17) is 11.6 Å². The number of fused-ring (bicyclic) bond motifs is 2. The van der Waals surface area contributed by atoms with E-state index >= 15 is 0 Å². The van der Waals surface area contributed by atoms with Crippen LogP contribution in [0.25, 0.3) is 27.6 Å². The topological polar surface area (TPSA) is 61.8 Å². The Morgan fingerprint density at radius 2 is 1.67 bits per heavy atom. The van der Waals surface area contributed by atoms with E-state index in [0.29, 0.717) is 0 Å². The number of nitrogens with zero attached hydrogens (tertiary/aromatic N) is 4. The Morgan fingerprint density at radius 1 is 0.958 bits per heavy atom. The molecule has 0 aliphatic heterocycles. The summed E-state index contributed by atoms with van der Waals surface area (Å²) in [6, 6.07) is 13.7. The summed E-state index contributed by atoms with van der Waals surface area (Å²) in [6.07, 6.45) is 0. The minimum Gasteiger partial charge on any atom is -0.279 e. The van der Waals surface area contributed by atoms with E-state index < -0.39 is 11.2 Å². The predicted octanol–water partition coefficient (Wildman–Crippen LogP) is 2.23. The summed E-state index contributed by atoms with van der Waals surface area (Å²) in [4.78, 5) is 28.9. The third-order valence-corrected chi connectivity index (χ3v) is 4.46. The zero-order valence-electron chi connectivity index (χ0n) is 13.0. The lowest BCUT2D eigenvalue weighted by molar-refractivity contribution is 0.707. The first-order valence-corrected chi connectivity index (χ1v) is 7.70. The summed E-state index contributed by atoms with van der Waals surface area (Å²) < 4.78 is 3.95. The third-order valence-electron chi connectivity index (χ3n) is 4.21. The maximum absolute atomic E-state index is 12.6. The molecular formula is C17H13ClN4O2. The minimum atomic E-state index is -0.438. The second-order valence-corrected chi connectivity index (χ2v) is 5.96. The minimum absolute atomic E-state index is 0.138. The van der Waals surface area contributed by atoms with Gasteiger partial charge in [0.15, 0.2) is 11.2 Å². The quantitative estimate of drug-likeness (QED) is 0.499. The molecule has 0 saturated carbocycles. The molecule has 4 aromatic rings. The van der Waals surface area contributed by atoms with Crippen molar-refractivity contribution in [3.05, 3.63) is 68.6 Å². The van der Waals surface area contributed by atoms with Crippen LogP contribution in [0.15, 0.2) is 52.1 Å². The Bertz CT molecular complexity index is 1230. The SMILES string of the molecule is Cn1c(=O)c2c(nc(Cl)n2-c2ccc3ccccc3c2)n(C)c1=O. The molecule has 24 heavy (non-hydrogen) atoms. The van der Waals surface area contributed by atoms with Crippen LogP contribution in [0.3, 0.4) is 0 Å². The Morgan fingerprint density at radius 3 is 2.42 bits per heavy atom. The van der Waals surface area contributed by atoms with Crippen molar-refractivity contribution < 1.29 is 0 Å². The lowest BCUT2D eigenvalue weighted by Crippen LogP contribution is -2.37. The number of halogens is 1. The van der Waals surface area contributed by atoms with Gasteiger partial charge in [0.2, 0.25) is 5.28 Å². The largest absolute Gasteiger partial charge is 0.332 e. The molecule has 120 valence electrons. The van der Waals surface area contributed by atoms with E-state index in [9.17, 15) is 9.59 Å². The first kappa shape index (κ1) is 14.7. The highest BCUT2D eigenvalue weighted by Gasteiger charge is 2.19. The Kier molecular flexibility index (Phi) is 3.11. The average molecular weight is 341 g/mol. The number of hydrogen-bond acceptors (Lipinski definition) is 3. The van der Waals surface area contributed by atoms with E-state index in [2.05, 4.69) is 4.98 Å². The van der Waals surface area contributed by atoms with Crippen LogP contribution in [0.4, 0.5) is 0 Å². The van der Waals surface area contributed by atoms with Crippen LogP contribution >= 0.6 is 11.6 Å². The van der Waals surface area contributed by atoms with E-state index in [1.165, 1.54) is 11.6 Å². The lowest BCUT2D eigenvalue weighted by Gasteiger charge is -2.08. The van der Waals surface area contributed by atoms with Gasteiger partial charge < -0.3 is 0 Å². The number of benzene rings is 2. The average Bonchev–Trinajstić information content (AvgIpc) is 2.95. The molecule has 0 fully saturated rings. The fourth-order valence-electron chi connectivity index (χ4n) is 2.92. The van der Waals surface area contributed by atoms with Gasteiger partial charge in [-0.1, -0.05) is 30.3 Å². The first-order chi connectivity index (χ1) is 11.5. The molecular weight excluding hydrogens is 328 g/mol. The van der Waals surface area contributed by atoms with Crippen LogP contribution in [0, 0.1) is 0 Å². The molecule has 0 aliphatic rings. The van der Waals surface area contributed by atoms with Crippen LogP contribution in [-0.2, 0) is 14.1 Å². The highest BCUT2D eigenvalue weighted by molar-refractivity contribution is 6.29. The molecule has 0 N–H and O–H groups in total. The van der Waals surface area contributed by atoms with Crippen molar-refractivity contribution in [1.82, 2.24) is 18.7 Å². The highest BCUT2D eigenvalue weighted by atomic mass is 35.5. The van der Waals surface area contributed by atoms with E-state index in [1.807, 2.05) is 42.5 Å². The molecule has 4 rings (SSSR count). The van der Waals surface area contributed by atoms with Gasteiger partial charge in [-0.25, -0.2) is 4.79 Å². The van der Waals surface area contributed by atoms with Gasteiger partial charge >= 0.3 is 5.69 Å². The van der Waals surface area contributed by atoms with Crippen molar-refractivity contribution >= 4 is 33.5 Å². The van der Waals surface area contributed by atoms with Gasteiger partial charge in [-0.15, -0.1) is 0 Å². The second kappa shape index (κ2) is 5.07. The van der Waals surface area contributed by atoms with E-state index in [-0.39, 0.29) is 16.4 Å². The smallest absolute Gasteiger partial charge is 0.279 e. The fraction of sp³-hybridized carbons (Fsp3) is 0.118. The number of rotatable bonds is 1. The van der Waals surface area contributed by atoms with E-state index in [0.717, 1.165) is 21.0 Å². The van der Waals surface area contributed by atoms with Gasteiger partial charge in [0, 0.05) is 19.8 Å². The first-order valence-electron chi connectivity index (χ1n) is 7.32. The van der Waals surface area contributed by atoms with Crippen molar-refractivity contribution in [1.29, 1.82) is 0 Å². The molecule has 2 aromatic carbocycles. The standard InChI is InChI=1S/C17H13ClN4O2/c1-20-14-13(15(23)21(2)17(20)24)22(16(18)19-14)12-8-7-10-5-3-4-6-11(10)9-12/h3-9H,1-2H3. The van der Waals surface area contributed by atoms with Gasteiger partial charge in [-0.3, -0.25) is 18.5 Å². The highest BCUT2D eigenvalue weighted by Crippen LogP contribution is 2.24. The maximum atomic E-state index is 12.6.